The summed E-state index contributed by atoms with van der Waals surface area (Å²) in [5.74, 6) is 1.61. The maximum Gasteiger partial charge on any atom is 0.264 e. The molecule has 1 saturated heterocycles. The minimum atomic E-state index is -0.316. The molecule has 1 unspecified atom stereocenters. The van der Waals surface area contributed by atoms with Crippen LogP contribution in [-0.4, -0.2) is 46.2 Å². The number of hydrogen-bond acceptors (Lipinski definition) is 5. The predicted molar refractivity (Wildman–Crippen MR) is 68.4 cm³/mol. The van der Waals surface area contributed by atoms with Crippen molar-refractivity contribution >= 4 is 5.69 Å². The van der Waals surface area contributed by atoms with Gasteiger partial charge >= 0.3 is 0 Å². The molecular weight excluding hydrogens is 232 g/mol. The first-order chi connectivity index (χ1) is 8.86. The average Bonchev–Trinajstić information content (AvgIpc) is 2.81. The Balaban J connectivity index is 1.74. The average molecular weight is 250 g/mol. The number of methoxy groups -OCH3 is 1. The van der Waals surface area contributed by atoms with Crippen LogP contribution in [0.3, 0.4) is 0 Å². The van der Waals surface area contributed by atoms with E-state index in [-0.39, 0.29) is 6.29 Å². The lowest BCUT2D eigenvalue weighted by Crippen LogP contribution is -2.43. The first kappa shape index (κ1) is 11.6. The van der Waals surface area contributed by atoms with Gasteiger partial charge in [-0.1, -0.05) is 0 Å². The minimum absolute atomic E-state index is 0.316. The number of rotatable bonds is 3. The van der Waals surface area contributed by atoms with Crippen LogP contribution in [-0.2, 0) is 4.74 Å². The van der Waals surface area contributed by atoms with E-state index in [9.17, 15) is 0 Å². The normalized spacial score (nSPS) is 22.3. The third kappa shape index (κ3) is 2.23. The van der Waals surface area contributed by atoms with Crippen LogP contribution in [0.2, 0.25) is 0 Å². The number of benzene rings is 1. The summed E-state index contributed by atoms with van der Waals surface area (Å²) in [6.07, 6.45) is -0.316. The Bertz CT molecular complexity index is 419. The molecule has 0 amide bonds. The maximum atomic E-state index is 5.69. The van der Waals surface area contributed by atoms with Crippen molar-refractivity contribution in [3.63, 3.8) is 0 Å². The van der Waals surface area contributed by atoms with Gasteiger partial charge in [-0.3, -0.25) is 0 Å². The molecule has 5 heteroatoms. The molecule has 1 aromatic carbocycles. The fourth-order valence-corrected chi connectivity index (χ4v) is 2.32. The van der Waals surface area contributed by atoms with Crippen LogP contribution >= 0.6 is 0 Å². The van der Waals surface area contributed by atoms with E-state index >= 15 is 0 Å². The van der Waals surface area contributed by atoms with Crippen LogP contribution in [0.4, 0.5) is 5.69 Å². The molecule has 2 aliphatic rings. The van der Waals surface area contributed by atoms with Gasteiger partial charge in [0.25, 0.3) is 6.29 Å². The van der Waals surface area contributed by atoms with Crippen LogP contribution in [0.1, 0.15) is 0 Å². The maximum absolute atomic E-state index is 5.69. The van der Waals surface area contributed by atoms with Gasteiger partial charge in [0.2, 0.25) is 0 Å². The number of fused-ring (bicyclic) bond motifs is 1. The van der Waals surface area contributed by atoms with Crippen molar-refractivity contribution in [3.8, 4) is 11.5 Å². The highest BCUT2D eigenvalue weighted by Crippen LogP contribution is 2.37. The molecule has 0 radical (unpaired) electrons. The molecule has 98 valence electrons. The van der Waals surface area contributed by atoms with Crippen LogP contribution in [0, 0.1) is 0 Å². The van der Waals surface area contributed by atoms with Crippen molar-refractivity contribution in [1.29, 1.82) is 0 Å². The Hall–Kier alpha value is -1.46. The molecule has 2 heterocycles. The third-order valence-corrected chi connectivity index (χ3v) is 3.23. The van der Waals surface area contributed by atoms with Gasteiger partial charge in [-0.05, 0) is 12.1 Å². The van der Waals surface area contributed by atoms with Crippen LogP contribution in [0.25, 0.3) is 0 Å². The van der Waals surface area contributed by atoms with Gasteiger partial charge in [-0.2, -0.15) is 0 Å². The van der Waals surface area contributed by atoms with E-state index in [1.165, 1.54) is 5.69 Å². The summed E-state index contributed by atoms with van der Waals surface area (Å²) in [4.78, 5) is 2.35. The standard InChI is InChI=1S/C13H18N2O3/c1-16-9-13-17-11-3-2-10(8-12(11)18-13)15-6-4-14-5-7-15/h2-3,8,13-14H,4-7,9H2,1H3. The highest BCUT2D eigenvalue weighted by molar-refractivity contribution is 5.57. The second-order valence-corrected chi connectivity index (χ2v) is 4.49. The van der Waals surface area contributed by atoms with E-state index in [2.05, 4.69) is 22.3 Å². The van der Waals surface area contributed by atoms with E-state index in [4.69, 9.17) is 14.2 Å². The van der Waals surface area contributed by atoms with Gasteiger partial charge in [0.05, 0.1) is 0 Å². The molecule has 0 aliphatic carbocycles. The summed E-state index contributed by atoms with van der Waals surface area (Å²) in [6.45, 7) is 4.56. The zero-order valence-electron chi connectivity index (χ0n) is 10.5. The van der Waals surface area contributed by atoms with E-state index in [0.717, 1.165) is 37.7 Å². The molecule has 3 rings (SSSR count). The van der Waals surface area contributed by atoms with Gasteiger partial charge in [0.1, 0.15) is 6.61 Å². The third-order valence-electron chi connectivity index (χ3n) is 3.23. The van der Waals surface area contributed by atoms with Gasteiger partial charge in [-0.15, -0.1) is 0 Å². The number of nitrogens with zero attached hydrogens (tertiary/aromatic N) is 1. The molecule has 5 nitrogen and oxygen atoms in total. The molecule has 18 heavy (non-hydrogen) atoms. The molecule has 0 saturated carbocycles. The summed E-state index contributed by atoms with van der Waals surface area (Å²) in [5.41, 5.74) is 1.19. The molecule has 1 atom stereocenters. The Labute approximate surface area is 107 Å². The molecule has 0 spiro atoms. The topological polar surface area (TPSA) is 43.0 Å². The lowest BCUT2D eigenvalue weighted by atomic mass is 10.2. The van der Waals surface area contributed by atoms with Crippen LogP contribution < -0.4 is 19.7 Å². The molecule has 1 N–H and O–H groups in total. The Morgan fingerprint density at radius 2 is 2.06 bits per heavy atom. The summed E-state index contributed by atoms with van der Waals surface area (Å²) < 4.78 is 16.3. The SMILES string of the molecule is COCC1Oc2ccc(N3CCNCC3)cc2O1. The zero-order chi connectivity index (χ0) is 12.4. The van der Waals surface area contributed by atoms with E-state index < -0.39 is 0 Å². The summed E-state index contributed by atoms with van der Waals surface area (Å²) in [6, 6.07) is 6.11. The van der Waals surface area contributed by atoms with Crippen molar-refractivity contribution in [3.05, 3.63) is 18.2 Å². The van der Waals surface area contributed by atoms with Crippen molar-refractivity contribution in [2.24, 2.45) is 0 Å². The second-order valence-electron chi connectivity index (χ2n) is 4.49. The fraction of sp³-hybridized carbons (Fsp3) is 0.538. The molecule has 0 aromatic heterocycles. The number of piperazine rings is 1. The molecule has 2 aliphatic heterocycles. The molecular formula is C13H18N2O3. The Morgan fingerprint density at radius 1 is 1.28 bits per heavy atom. The lowest BCUT2D eigenvalue weighted by molar-refractivity contribution is -0.0173. The fourth-order valence-electron chi connectivity index (χ4n) is 2.32. The molecule has 0 bridgehead atoms. The first-order valence-corrected chi connectivity index (χ1v) is 6.29. The van der Waals surface area contributed by atoms with Crippen LogP contribution in [0.5, 0.6) is 11.5 Å². The molecule has 1 aromatic rings. The van der Waals surface area contributed by atoms with Crippen molar-refractivity contribution in [2.45, 2.75) is 6.29 Å². The first-order valence-electron chi connectivity index (χ1n) is 6.29. The summed E-state index contributed by atoms with van der Waals surface area (Å²) >= 11 is 0. The highest BCUT2D eigenvalue weighted by Gasteiger charge is 2.25. The number of nitrogens with one attached hydrogen (secondary N) is 1. The van der Waals surface area contributed by atoms with Gasteiger partial charge in [0.15, 0.2) is 11.5 Å². The Morgan fingerprint density at radius 3 is 2.83 bits per heavy atom. The van der Waals surface area contributed by atoms with Crippen molar-refractivity contribution < 1.29 is 14.2 Å². The highest BCUT2D eigenvalue weighted by atomic mass is 16.7. The number of ether oxygens (including phenoxy) is 3. The van der Waals surface area contributed by atoms with Crippen molar-refractivity contribution in [1.82, 2.24) is 5.32 Å². The quantitative estimate of drug-likeness (QED) is 0.861. The second kappa shape index (κ2) is 5.04. The smallest absolute Gasteiger partial charge is 0.264 e. The Kier molecular flexibility index (Phi) is 3.25. The number of anilines is 1. The minimum Gasteiger partial charge on any atom is -0.448 e. The van der Waals surface area contributed by atoms with Gasteiger partial charge in [-0.25, -0.2) is 0 Å². The van der Waals surface area contributed by atoms with Crippen molar-refractivity contribution in [2.75, 3.05) is 44.8 Å². The predicted octanol–water partition coefficient (Wildman–Crippen LogP) is 0.840. The lowest BCUT2D eigenvalue weighted by Gasteiger charge is -2.29. The largest absolute Gasteiger partial charge is 0.448 e. The number of hydrogen-bond donors (Lipinski definition) is 1. The van der Waals surface area contributed by atoms with Crippen LogP contribution in [0.15, 0.2) is 18.2 Å². The zero-order valence-corrected chi connectivity index (χ0v) is 10.5. The van der Waals surface area contributed by atoms with E-state index in [1.807, 2.05) is 6.07 Å². The summed E-state index contributed by atoms with van der Waals surface area (Å²) in [7, 11) is 1.64. The monoisotopic (exact) mass is 250 g/mol. The van der Waals surface area contributed by atoms with E-state index in [1.54, 1.807) is 7.11 Å². The summed E-state index contributed by atoms with van der Waals surface area (Å²) in [5, 5.41) is 3.35. The molecule has 1 fully saturated rings. The van der Waals surface area contributed by atoms with Gasteiger partial charge in [0, 0.05) is 45.0 Å². The van der Waals surface area contributed by atoms with E-state index in [0.29, 0.717) is 6.61 Å². The van der Waals surface area contributed by atoms with Gasteiger partial charge < -0.3 is 24.4 Å².